The maximum absolute atomic E-state index is 12.7. The summed E-state index contributed by atoms with van der Waals surface area (Å²) < 4.78 is 20.5. The lowest BCUT2D eigenvalue weighted by Gasteiger charge is -2.27. The van der Waals surface area contributed by atoms with Crippen LogP contribution in [0.1, 0.15) is 53.5 Å². The number of carbonyl (C=O) groups excluding carboxylic acids is 4. The van der Waals surface area contributed by atoms with Gasteiger partial charge in [-0.25, -0.2) is 9.59 Å². The highest BCUT2D eigenvalue weighted by molar-refractivity contribution is 5.96. The Kier molecular flexibility index (Phi) is 9.68. The lowest BCUT2D eigenvalue weighted by atomic mass is 9.99. The third-order valence-electron chi connectivity index (χ3n) is 3.84. The van der Waals surface area contributed by atoms with E-state index in [9.17, 15) is 19.2 Å². The molecule has 1 N–H and O–H groups in total. The van der Waals surface area contributed by atoms with Crippen molar-refractivity contribution < 1.29 is 38.1 Å². The predicted octanol–water partition coefficient (Wildman–Crippen LogP) is 3.14. The van der Waals surface area contributed by atoms with Crippen molar-refractivity contribution in [2.24, 2.45) is 5.92 Å². The van der Waals surface area contributed by atoms with Gasteiger partial charge in [0.25, 0.3) is 0 Å². The molecule has 0 aliphatic carbocycles. The van der Waals surface area contributed by atoms with Gasteiger partial charge in [0, 0.05) is 6.42 Å². The van der Waals surface area contributed by atoms with Crippen LogP contribution < -0.4 is 5.32 Å². The van der Waals surface area contributed by atoms with E-state index in [1.807, 2.05) is 6.07 Å². The molecule has 0 radical (unpaired) electrons. The highest BCUT2D eigenvalue weighted by atomic mass is 16.6. The molecule has 0 unspecified atom stereocenters. The molecule has 1 rings (SSSR count). The molecule has 1 aromatic rings. The van der Waals surface area contributed by atoms with E-state index >= 15 is 0 Å². The number of methoxy groups -OCH3 is 1. The second kappa shape index (κ2) is 11.5. The van der Waals surface area contributed by atoms with E-state index in [0.29, 0.717) is 0 Å². The van der Waals surface area contributed by atoms with Gasteiger partial charge in [-0.2, -0.15) is 0 Å². The molecule has 0 saturated carbocycles. The molecule has 0 saturated heterocycles. The van der Waals surface area contributed by atoms with Crippen LogP contribution in [0.3, 0.4) is 0 Å². The first-order valence-corrected chi connectivity index (χ1v) is 10.2. The predicted molar refractivity (Wildman–Crippen MR) is 115 cm³/mol. The SMILES string of the molecule is COC(=O)[C@H](CC(C(=O)OC(C)(C)C)C(=O)OC(C)(C)C)NC(=O)OCc1ccccc1. The third-order valence-corrected chi connectivity index (χ3v) is 3.84. The smallest absolute Gasteiger partial charge is 0.408 e. The zero-order valence-corrected chi connectivity index (χ0v) is 19.7. The van der Waals surface area contributed by atoms with Gasteiger partial charge >= 0.3 is 24.0 Å². The Hall–Kier alpha value is -3.10. The van der Waals surface area contributed by atoms with E-state index in [1.165, 1.54) is 0 Å². The number of ether oxygens (including phenoxy) is 4. The van der Waals surface area contributed by atoms with Crippen LogP contribution in [0.25, 0.3) is 0 Å². The number of hydrogen-bond donors (Lipinski definition) is 1. The molecule has 9 nitrogen and oxygen atoms in total. The number of esters is 3. The van der Waals surface area contributed by atoms with Crippen LogP contribution in [0.2, 0.25) is 0 Å². The van der Waals surface area contributed by atoms with Crippen molar-refractivity contribution in [3.8, 4) is 0 Å². The van der Waals surface area contributed by atoms with E-state index in [0.717, 1.165) is 12.7 Å². The Morgan fingerprint density at radius 1 is 0.844 bits per heavy atom. The Bertz CT molecular complexity index is 764. The van der Waals surface area contributed by atoms with Crippen LogP contribution in [-0.2, 0) is 39.9 Å². The summed E-state index contributed by atoms with van der Waals surface area (Å²) in [5.41, 5.74) is -1.00. The zero-order chi connectivity index (χ0) is 24.5. The second-order valence-corrected chi connectivity index (χ2v) is 9.14. The van der Waals surface area contributed by atoms with Gasteiger partial charge in [0.1, 0.15) is 23.9 Å². The van der Waals surface area contributed by atoms with E-state index < -0.39 is 53.6 Å². The molecule has 0 aliphatic heterocycles. The summed E-state index contributed by atoms with van der Waals surface area (Å²) in [6.45, 7) is 9.86. The molecule has 0 aromatic heterocycles. The molecular formula is C23H33NO8. The topological polar surface area (TPSA) is 117 Å². The number of hydrogen-bond acceptors (Lipinski definition) is 8. The summed E-state index contributed by atoms with van der Waals surface area (Å²) in [5.74, 6) is -4.06. The standard InChI is InChI=1S/C23H33NO8/c1-22(2,3)31-18(25)16(19(26)32-23(4,5)6)13-17(20(27)29-7)24-21(28)30-14-15-11-9-8-10-12-15/h8-12,16-17H,13-14H2,1-7H3,(H,24,28)/t17-/m0/s1. The Morgan fingerprint density at radius 2 is 1.34 bits per heavy atom. The molecule has 0 spiro atoms. The number of alkyl carbamates (subject to hydrolysis) is 1. The molecule has 0 bridgehead atoms. The fraction of sp³-hybridized carbons (Fsp3) is 0.565. The van der Waals surface area contributed by atoms with Crippen LogP contribution in [-0.4, -0.2) is 48.4 Å². The number of nitrogens with one attached hydrogen (secondary N) is 1. The maximum Gasteiger partial charge on any atom is 0.408 e. The molecule has 1 atom stereocenters. The van der Waals surface area contributed by atoms with Crippen molar-refractivity contribution in [1.29, 1.82) is 0 Å². The summed E-state index contributed by atoms with van der Waals surface area (Å²) in [6, 6.07) is 7.61. The normalized spacial score (nSPS) is 12.5. The summed E-state index contributed by atoms with van der Waals surface area (Å²) in [5, 5.41) is 2.35. The van der Waals surface area contributed by atoms with Gasteiger partial charge in [-0.1, -0.05) is 30.3 Å². The largest absolute Gasteiger partial charge is 0.467 e. The molecule has 9 heteroatoms. The van der Waals surface area contributed by atoms with E-state index in [1.54, 1.807) is 65.8 Å². The van der Waals surface area contributed by atoms with Crippen molar-refractivity contribution in [3.63, 3.8) is 0 Å². The van der Waals surface area contributed by atoms with Gasteiger partial charge in [-0.15, -0.1) is 0 Å². The van der Waals surface area contributed by atoms with Crippen molar-refractivity contribution >= 4 is 24.0 Å². The van der Waals surface area contributed by atoms with Crippen LogP contribution in [0.5, 0.6) is 0 Å². The van der Waals surface area contributed by atoms with E-state index in [2.05, 4.69) is 5.32 Å². The quantitative estimate of drug-likeness (QED) is 0.364. The number of carbonyl (C=O) groups is 4. The second-order valence-electron chi connectivity index (χ2n) is 9.14. The van der Waals surface area contributed by atoms with Crippen LogP contribution in [0.4, 0.5) is 4.79 Å². The average Bonchev–Trinajstić information content (AvgIpc) is 2.66. The zero-order valence-electron chi connectivity index (χ0n) is 19.7. The highest BCUT2D eigenvalue weighted by Crippen LogP contribution is 2.20. The fourth-order valence-electron chi connectivity index (χ4n) is 2.53. The Balaban J connectivity index is 2.98. The third kappa shape index (κ3) is 10.3. The fourth-order valence-corrected chi connectivity index (χ4v) is 2.53. The van der Waals surface area contributed by atoms with Crippen LogP contribution >= 0.6 is 0 Å². The monoisotopic (exact) mass is 451 g/mol. The minimum Gasteiger partial charge on any atom is -0.467 e. The molecule has 178 valence electrons. The van der Waals surface area contributed by atoms with Crippen molar-refractivity contribution in [2.45, 2.75) is 71.8 Å². The summed E-state index contributed by atoms with van der Waals surface area (Å²) >= 11 is 0. The number of benzene rings is 1. The van der Waals surface area contributed by atoms with Crippen molar-refractivity contribution in [2.75, 3.05) is 7.11 Å². The highest BCUT2D eigenvalue weighted by Gasteiger charge is 2.39. The molecule has 32 heavy (non-hydrogen) atoms. The minimum atomic E-state index is -1.47. The maximum atomic E-state index is 12.7. The molecular weight excluding hydrogens is 418 g/mol. The van der Waals surface area contributed by atoms with Crippen LogP contribution in [0.15, 0.2) is 30.3 Å². The first-order valence-electron chi connectivity index (χ1n) is 10.2. The molecule has 1 aromatic carbocycles. The number of rotatable bonds is 8. The Labute approximate surface area is 188 Å². The van der Waals surface area contributed by atoms with E-state index in [4.69, 9.17) is 18.9 Å². The van der Waals surface area contributed by atoms with Crippen LogP contribution in [0, 0.1) is 5.92 Å². The van der Waals surface area contributed by atoms with E-state index in [-0.39, 0.29) is 6.61 Å². The van der Waals surface area contributed by atoms with Gasteiger partial charge < -0.3 is 24.3 Å². The Morgan fingerprint density at radius 3 is 1.78 bits per heavy atom. The minimum absolute atomic E-state index is 0.0257. The number of amides is 1. The molecule has 0 aliphatic rings. The summed E-state index contributed by atoms with van der Waals surface area (Å²) in [4.78, 5) is 49.9. The van der Waals surface area contributed by atoms with Crippen molar-refractivity contribution in [1.82, 2.24) is 5.32 Å². The molecule has 0 fully saturated rings. The molecule has 1 amide bonds. The summed E-state index contributed by atoms with van der Waals surface area (Å²) in [6.07, 6.45) is -1.33. The van der Waals surface area contributed by atoms with Gasteiger partial charge in [0.05, 0.1) is 7.11 Å². The lowest BCUT2D eigenvalue weighted by Crippen LogP contribution is -2.46. The summed E-state index contributed by atoms with van der Waals surface area (Å²) in [7, 11) is 1.13. The lowest BCUT2D eigenvalue weighted by molar-refractivity contribution is -0.175. The van der Waals surface area contributed by atoms with Gasteiger partial charge in [0.2, 0.25) is 0 Å². The van der Waals surface area contributed by atoms with Gasteiger partial charge in [0.15, 0.2) is 5.92 Å². The molecule has 0 heterocycles. The van der Waals surface area contributed by atoms with Gasteiger partial charge in [-0.05, 0) is 47.1 Å². The van der Waals surface area contributed by atoms with Crippen molar-refractivity contribution in [3.05, 3.63) is 35.9 Å². The first-order chi connectivity index (χ1) is 14.7. The average molecular weight is 452 g/mol. The first kappa shape index (κ1) is 26.9. The van der Waals surface area contributed by atoms with Gasteiger partial charge in [-0.3, -0.25) is 9.59 Å².